The van der Waals surface area contributed by atoms with E-state index in [1.165, 1.54) is 11.3 Å². The fourth-order valence-electron chi connectivity index (χ4n) is 1.60. The number of nitrogens with two attached hydrogens (primary N) is 1. The van der Waals surface area contributed by atoms with Crippen molar-refractivity contribution >= 4 is 23.6 Å². The van der Waals surface area contributed by atoms with E-state index in [4.69, 9.17) is 15.7 Å². The number of nitrogens with zero attached hydrogens (tertiary/aromatic N) is 2. The maximum Gasteiger partial charge on any atom is 0.330 e. The fraction of sp³-hybridized carbons (Fsp3) is 0.250. The highest BCUT2D eigenvalue weighted by Gasteiger charge is 2.11. The molecule has 0 radical (unpaired) electrons. The molecule has 1 unspecified atom stereocenters. The standard InChI is InChI=1S/C11H8N2OS.C5H9NO3/c1-14-11-3-2-8(4-9(11)5-12)10-6-15-7-13-10;1-2-9-5(8)4(6)3-7/h2-4,6-7H,1H3;3-4H,2,6H2,1H3. The second-order valence-corrected chi connectivity index (χ2v) is 5.03. The molecule has 1 heterocycles. The van der Waals surface area contributed by atoms with Gasteiger partial charge in [0.1, 0.15) is 18.1 Å². The minimum Gasteiger partial charge on any atom is -0.495 e. The highest BCUT2D eigenvalue weighted by Crippen LogP contribution is 2.25. The lowest BCUT2D eigenvalue weighted by atomic mass is 10.1. The Kier molecular flexibility index (Phi) is 8.11. The van der Waals surface area contributed by atoms with Gasteiger partial charge in [-0.05, 0) is 25.1 Å². The Morgan fingerprint density at radius 1 is 1.54 bits per heavy atom. The maximum atomic E-state index is 10.4. The largest absolute Gasteiger partial charge is 0.495 e. The molecule has 0 amide bonds. The summed E-state index contributed by atoms with van der Waals surface area (Å²) in [4.78, 5) is 24.4. The lowest BCUT2D eigenvalue weighted by Crippen LogP contribution is -2.33. The van der Waals surface area contributed by atoms with Gasteiger partial charge in [0.05, 0.1) is 30.5 Å². The number of carbonyl (C=O) groups excluding carboxylic acids is 2. The van der Waals surface area contributed by atoms with E-state index < -0.39 is 12.0 Å². The van der Waals surface area contributed by atoms with Gasteiger partial charge < -0.3 is 20.0 Å². The van der Waals surface area contributed by atoms with Gasteiger partial charge in [0.25, 0.3) is 0 Å². The fourth-order valence-corrected chi connectivity index (χ4v) is 2.16. The third kappa shape index (κ3) is 5.46. The number of hydrogen-bond donors (Lipinski definition) is 1. The minimum absolute atomic E-state index is 0.250. The smallest absolute Gasteiger partial charge is 0.330 e. The van der Waals surface area contributed by atoms with E-state index in [2.05, 4.69) is 15.8 Å². The van der Waals surface area contributed by atoms with E-state index >= 15 is 0 Å². The number of ether oxygens (including phenoxy) is 2. The van der Waals surface area contributed by atoms with E-state index in [9.17, 15) is 9.59 Å². The molecule has 0 aliphatic rings. The van der Waals surface area contributed by atoms with E-state index in [1.807, 2.05) is 11.4 Å². The van der Waals surface area contributed by atoms with Crippen LogP contribution in [0.2, 0.25) is 0 Å². The molecule has 0 aliphatic heterocycles. The Morgan fingerprint density at radius 2 is 2.29 bits per heavy atom. The number of thiazole rings is 1. The van der Waals surface area contributed by atoms with Crippen LogP contribution in [0, 0.1) is 11.3 Å². The van der Waals surface area contributed by atoms with Crippen molar-refractivity contribution in [3.63, 3.8) is 0 Å². The zero-order valence-electron chi connectivity index (χ0n) is 13.3. The summed E-state index contributed by atoms with van der Waals surface area (Å²) in [6.45, 7) is 1.90. The second kappa shape index (κ2) is 10.1. The number of aromatic nitrogens is 1. The van der Waals surface area contributed by atoms with Crippen LogP contribution in [0.15, 0.2) is 29.1 Å². The molecule has 0 fully saturated rings. The lowest BCUT2D eigenvalue weighted by molar-refractivity contribution is -0.145. The van der Waals surface area contributed by atoms with Crippen molar-refractivity contribution in [2.24, 2.45) is 5.73 Å². The number of aldehydes is 1. The topological polar surface area (TPSA) is 115 Å². The van der Waals surface area contributed by atoms with E-state index in [1.54, 1.807) is 31.7 Å². The summed E-state index contributed by atoms with van der Waals surface area (Å²) in [5.74, 6) is -0.0796. The number of methoxy groups -OCH3 is 1. The second-order valence-electron chi connectivity index (χ2n) is 4.31. The first-order valence-electron chi connectivity index (χ1n) is 6.91. The molecule has 0 saturated carbocycles. The predicted octanol–water partition coefficient (Wildman–Crippen LogP) is 1.77. The zero-order valence-corrected chi connectivity index (χ0v) is 14.1. The number of benzene rings is 1. The molecule has 0 spiro atoms. The van der Waals surface area contributed by atoms with Crippen LogP contribution in [0.4, 0.5) is 0 Å². The molecular weight excluding hydrogens is 330 g/mol. The number of esters is 1. The highest BCUT2D eigenvalue weighted by molar-refractivity contribution is 7.07. The van der Waals surface area contributed by atoms with Gasteiger partial charge in [0.2, 0.25) is 0 Å². The summed E-state index contributed by atoms with van der Waals surface area (Å²) in [6, 6.07) is 6.45. The van der Waals surface area contributed by atoms with Crippen LogP contribution >= 0.6 is 11.3 Å². The van der Waals surface area contributed by atoms with Crippen molar-refractivity contribution in [1.82, 2.24) is 4.98 Å². The van der Waals surface area contributed by atoms with Crippen molar-refractivity contribution in [2.75, 3.05) is 13.7 Å². The summed E-state index contributed by atoms with van der Waals surface area (Å²) in [7, 11) is 1.55. The zero-order chi connectivity index (χ0) is 17.9. The third-order valence-corrected chi connectivity index (χ3v) is 3.34. The van der Waals surface area contributed by atoms with Crippen molar-refractivity contribution in [3.8, 4) is 23.1 Å². The van der Waals surface area contributed by atoms with Gasteiger partial charge in [-0.3, -0.25) is 0 Å². The molecule has 2 aromatic rings. The van der Waals surface area contributed by atoms with Gasteiger partial charge in [-0.15, -0.1) is 11.3 Å². The molecule has 0 bridgehead atoms. The van der Waals surface area contributed by atoms with Crippen LogP contribution in [-0.4, -0.2) is 37.0 Å². The van der Waals surface area contributed by atoms with Crippen LogP contribution < -0.4 is 10.5 Å². The van der Waals surface area contributed by atoms with Crippen molar-refractivity contribution in [3.05, 3.63) is 34.7 Å². The van der Waals surface area contributed by atoms with Gasteiger partial charge in [-0.25, -0.2) is 9.78 Å². The molecule has 1 aromatic heterocycles. The summed E-state index contributed by atoms with van der Waals surface area (Å²) in [5.41, 5.74) is 9.09. The van der Waals surface area contributed by atoms with Crippen LogP contribution in [0.25, 0.3) is 11.3 Å². The van der Waals surface area contributed by atoms with Crippen LogP contribution in [-0.2, 0) is 14.3 Å². The third-order valence-electron chi connectivity index (χ3n) is 2.75. The molecule has 2 N–H and O–H groups in total. The first kappa shape index (κ1) is 19.3. The van der Waals surface area contributed by atoms with Gasteiger partial charge in [0.15, 0.2) is 6.04 Å². The minimum atomic E-state index is -1.12. The summed E-state index contributed by atoms with van der Waals surface area (Å²) in [6.07, 6.45) is 0.345. The van der Waals surface area contributed by atoms with Crippen LogP contribution in [0.1, 0.15) is 12.5 Å². The predicted molar refractivity (Wildman–Crippen MR) is 89.5 cm³/mol. The van der Waals surface area contributed by atoms with Crippen molar-refractivity contribution in [1.29, 1.82) is 5.26 Å². The SMILES string of the molecule is CCOC(=O)C(N)C=O.COc1ccc(-c2cscn2)cc1C#N. The quantitative estimate of drug-likeness (QED) is 0.498. The van der Waals surface area contributed by atoms with Gasteiger partial charge in [-0.1, -0.05) is 0 Å². The van der Waals surface area contributed by atoms with Gasteiger partial charge in [-0.2, -0.15) is 5.26 Å². The van der Waals surface area contributed by atoms with Crippen molar-refractivity contribution in [2.45, 2.75) is 13.0 Å². The molecular formula is C16H17N3O4S. The molecule has 0 saturated heterocycles. The van der Waals surface area contributed by atoms with E-state index in [0.717, 1.165) is 11.3 Å². The summed E-state index contributed by atoms with van der Waals surface area (Å²) < 4.78 is 9.47. The Bertz CT molecular complexity index is 711. The molecule has 8 heteroatoms. The Hall–Kier alpha value is -2.76. The molecule has 1 aromatic carbocycles. The normalized spacial score (nSPS) is 10.6. The summed E-state index contributed by atoms with van der Waals surface area (Å²) in [5, 5.41) is 10.9. The number of nitriles is 1. The number of hydrogen-bond acceptors (Lipinski definition) is 8. The van der Waals surface area contributed by atoms with Gasteiger partial charge >= 0.3 is 5.97 Å². The van der Waals surface area contributed by atoms with Crippen molar-refractivity contribution < 1.29 is 19.1 Å². The molecule has 7 nitrogen and oxygen atoms in total. The first-order valence-corrected chi connectivity index (χ1v) is 7.85. The maximum absolute atomic E-state index is 10.4. The molecule has 0 aliphatic carbocycles. The van der Waals surface area contributed by atoms with Crippen LogP contribution in [0.3, 0.4) is 0 Å². The molecule has 2 rings (SSSR count). The first-order chi connectivity index (χ1) is 11.6. The number of carbonyl (C=O) groups is 2. The lowest BCUT2D eigenvalue weighted by Gasteiger charge is -2.03. The van der Waals surface area contributed by atoms with E-state index in [-0.39, 0.29) is 6.61 Å². The molecule has 126 valence electrons. The van der Waals surface area contributed by atoms with E-state index in [0.29, 0.717) is 17.6 Å². The molecule has 1 atom stereocenters. The number of rotatable bonds is 5. The average molecular weight is 347 g/mol. The Morgan fingerprint density at radius 3 is 2.79 bits per heavy atom. The highest BCUT2D eigenvalue weighted by atomic mass is 32.1. The Labute approximate surface area is 143 Å². The average Bonchev–Trinajstić information content (AvgIpc) is 3.15. The Balaban J connectivity index is 0.000000277. The van der Waals surface area contributed by atoms with Crippen LogP contribution in [0.5, 0.6) is 5.75 Å². The summed E-state index contributed by atoms with van der Waals surface area (Å²) >= 11 is 1.53. The van der Waals surface area contributed by atoms with Gasteiger partial charge in [0, 0.05) is 10.9 Å². The molecule has 24 heavy (non-hydrogen) atoms. The monoisotopic (exact) mass is 347 g/mol.